The number of methoxy groups -OCH3 is 1. The quantitative estimate of drug-likeness (QED) is 0.712. The third kappa shape index (κ3) is 5.19. The monoisotopic (exact) mass is 443 g/mol. The average molecular weight is 444 g/mol. The van der Waals surface area contributed by atoms with E-state index in [0.717, 1.165) is 31.1 Å². The maximum Gasteiger partial charge on any atom is 0.265 e. The first kappa shape index (κ1) is 21.6. The zero-order valence-electron chi connectivity index (χ0n) is 18.0. The molecule has 1 saturated carbocycles. The van der Waals surface area contributed by atoms with Gasteiger partial charge in [-0.15, -0.1) is 0 Å². The largest absolute Gasteiger partial charge is 0.495 e. The van der Waals surface area contributed by atoms with E-state index in [1.54, 1.807) is 29.2 Å². The molecule has 1 saturated heterocycles. The van der Waals surface area contributed by atoms with E-state index >= 15 is 0 Å². The Bertz CT molecular complexity index is 1040. The van der Waals surface area contributed by atoms with Crippen LogP contribution in [0.5, 0.6) is 5.75 Å². The zero-order valence-corrected chi connectivity index (χ0v) is 18.8. The van der Waals surface area contributed by atoms with Gasteiger partial charge in [0, 0.05) is 44.0 Å². The van der Waals surface area contributed by atoms with Crippen molar-refractivity contribution in [3.05, 3.63) is 53.6 Å². The molecule has 1 N–H and O–H groups in total. The number of hydrogen-bond acceptors (Lipinski definition) is 5. The fourth-order valence-corrected chi connectivity index (χ4v) is 5.09. The van der Waals surface area contributed by atoms with Gasteiger partial charge in [0.2, 0.25) is 0 Å². The van der Waals surface area contributed by atoms with Gasteiger partial charge in [-0.05, 0) is 56.0 Å². The number of piperazine rings is 1. The predicted molar refractivity (Wildman–Crippen MR) is 120 cm³/mol. The number of ether oxygens (including phenoxy) is 1. The van der Waals surface area contributed by atoms with Gasteiger partial charge in [-0.1, -0.05) is 17.7 Å². The number of nitrogens with zero attached hydrogens (tertiary/aromatic N) is 2. The molecule has 0 radical (unpaired) electrons. The summed E-state index contributed by atoms with van der Waals surface area (Å²) >= 11 is 0. The van der Waals surface area contributed by atoms with Crippen molar-refractivity contribution in [1.29, 1.82) is 0 Å². The van der Waals surface area contributed by atoms with Gasteiger partial charge in [0.05, 0.1) is 7.11 Å². The molecular formula is C23H29N3O4S. The van der Waals surface area contributed by atoms with Crippen LogP contribution < -0.4 is 9.46 Å². The fourth-order valence-electron chi connectivity index (χ4n) is 3.83. The molecule has 0 spiro atoms. The Morgan fingerprint density at radius 1 is 1.06 bits per heavy atom. The van der Waals surface area contributed by atoms with E-state index in [4.69, 9.17) is 4.74 Å². The van der Waals surface area contributed by atoms with E-state index in [1.165, 1.54) is 26.0 Å². The van der Waals surface area contributed by atoms with Gasteiger partial charge in [-0.25, -0.2) is 8.42 Å². The maximum absolute atomic E-state index is 13.1. The van der Waals surface area contributed by atoms with Crippen LogP contribution in [0.3, 0.4) is 0 Å². The van der Waals surface area contributed by atoms with Crippen molar-refractivity contribution in [3.63, 3.8) is 0 Å². The molecule has 2 aliphatic rings. The standard InChI is InChI=1S/C23H29N3O4S/c1-17-3-8-20(9-4-17)24-31(28,29)22-15-19(7-10-21(22)30-2)23(27)26-13-11-25(12-14-26)16-18-5-6-18/h3-4,7-10,15,18,24H,5-6,11-14,16H2,1-2H3. The van der Waals surface area contributed by atoms with Gasteiger partial charge >= 0.3 is 0 Å². The molecule has 31 heavy (non-hydrogen) atoms. The number of benzene rings is 2. The SMILES string of the molecule is COc1ccc(C(=O)N2CCN(CC3CC3)CC2)cc1S(=O)(=O)Nc1ccc(C)cc1. The highest BCUT2D eigenvalue weighted by atomic mass is 32.2. The Balaban J connectivity index is 1.51. The van der Waals surface area contributed by atoms with Crippen molar-refractivity contribution in [2.24, 2.45) is 5.92 Å². The molecule has 166 valence electrons. The number of carbonyl (C=O) groups is 1. The molecule has 7 nitrogen and oxygen atoms in total. The molecule has 8 heteroatoms. The highest BCUT2D eigenvalue weighted by molar-refractivity contribution is 7.92. The number of rotatable bonds is 7. The number of nitrogens with one attached hydrogen (secondary N) is 1. The summed E-state index contributed by atoms with van der Waals surface area (Å²) < 4.78 is 33.9. The first-order valence-electron chi connectivity index (χ1n) is 10.6. The third-order valence-electron chi connectivity index (χ3n) is 5.88. The van der Waals surface area contributed by atoms with Crippen molar-refractivity contribution in [2.45, 2.75) is 24.7 Å². The summed E-state index contributed by atoms with van der Waals surface area (Å²) in [6.07, 6.45) is 2.64. The van der Waals surface area contributed by atoms with Crippen LogP contribution in [0.2, 0.25) is 0 Å². The number of carbonyl (C=O) groups excluding carboxylic acids is 1. The van der Waals surface area contributed by atoms with Crippen molar-refractivity contribution >= 4 is 21.6 Å². The van der Waals surface area contributed by atoms with Crippen LogP contribution in [0.25, 0.3) is 0 Å². The molecule has 0 bridgehead atoms. The maximum atomic E-state index is 13.1. The van der Waals surface area contributed by atoms with Gasteiger partial charge in [0.15, 0.2) is 0 Å². The lowest BCUT2D eigenvalue weighted by molar-refractivity contribution is 0.0631. The molecule has 1 heterocycles. The molecule has 0 aromatic heterocycles. The van der Waals surface area contributed by atoms with E-state index in [0.29, 0.717) is 24.3 Å². The fraction of sp³-hybridized carbons (Fsp3) is 0.435. The van der Waals surface area contributed by atoms with Gasteiger partial charge < -0.3 is 9.64 Å². The molecular weight excluding hydrogens is 414 g/mol. The minimum atomic E-state index is -3.92. The number of amides is 1. The van der Waals surface area contributed by atoms with Crippen LogP contribution in [-0.4, -0.2) is 64.0 Å². The summed E-state index contributed by atoms with van der Waals surface area (Å²) in [6.45, 7) is 6.08. The minimum Gasteiger partial charge on any atom is -0.495 e. The lowest BCUT2D eigenvalue weighted by atomic mass is 10.1. The third-order valence-corrected chi connectivity index (χ3v) is 7.28. The molecule has 4 rings (SSSR count). The van der Waals surface area contributed by atoms with Crippen LogP contribution >= 0.6 is 0 Å². The molecule has 1 aliphatic heterocycles. The highest BCUT2D eigenvalue weighted by Crippen LogP contribution is 2.30. The molecule has 0 atom stereocenters. The van der Waals surface area contributed by atoms with Gasteiger partial charge in [0.25, 0.3) is 15.9 Å². The van der Waals surface area contributed by atoms with E-state index < -0.39 is 10.0 Å². The predicted octanol–water partition coefficient (Wildman–Crippen LogP) is 2.97. The van der Waals surface area contributed by atoms with Gasteiger partial charge in [-0.3, -0.25) is 14.4 Å². The average Bonchev–Trinajstić information content (AvgIpc) is 3.59. The van der Waals surface area contributed by atoms with Crippen molar-refractivity contribution in [3.8, 4) is 5.75 Å². The van der Waals surface area contributed by atoms with Crippen molar-refractivity contribution in [1.82, 2.24) is 9.80 Å². The second-order valence-electron chi connectivity index (χ2n) is 8.37. The first-order valence-corrected chi connectivity index (χ1v) is 12.1. The van der Waals surface area contributed by atoms with E-state index in [1.807, 2.05) is 19.1 Å². The van der Waals surface area contributed by atoms with E-state index in [9.17, 15) is 13.2 Å². The molecule has 2 aromatic carbocycles. The Morgan fingerprint density at radius 3 is 2.35 bits per heavy atom. The van der Waals surface area contributed by atoms with E-state index in [2.05, 4.69) is 9.62 Å². The Morgan fingerprint density at radius 2 is 1.74 bits per heavy atom. The Kier molecular flexibility index (Phi) is 6.20. The second-order valence-corrected chi connectivity index (χ2v) is 10.0. The normalized spacial score (nSPS) is 17.4. The van der Waals surface area contributed by atoms with Gasteiger partial charge in [0.1, 0.15) is 10.6 Å². The second kappa shape index (κ2) is 8.88. The number of hydrogen-bond donors (Lipinski definition) is 1. The molecule has 0 unspecified atom stereocenters. The first-order chi connectivity index (χ1) is 14.9. The molecule has 1 amide bonds. The number of sulfonamides is 1. The summed E-state index contributed by atoms with van der Waals surface area (Å²) in [5.74, 6) is 0.878. The summed E-state index contributed by atoms with van der Waals surface area (Å²) in [5.41, 5.74) is 1.84. The minimum absolute atomic E-state index is 0.0474. The van der Waals surface area contributed by atoms with Gasteiger partial charge in [-0.2, -0.15) is 0 Å². The van der Waals surface area contributed by atoms with Crippen molar-refractivity contribution in [2.75, 3.05) is 44.6 Å². The smallest absolute Gasteiger partial charge is 0.265 e. The summed E-state index contributed by atoms with van der Waals surface area (Å²) in [7, 11) is -2.51. The van der Waals surface area contributed by atoms with Crippen LogP contribution in [0.4, 0.5) is 5.69 Å². The molecule has 2 fully saturated rings. The Labute approximate surface area is 184 Å². The summed E-state index contributed by atoms with van der Waals surface area (Å²) in [6, 6.07) is 11.7. The lowest BCUT2D eigenvalue weighted by Crippen LogP contribution is -2.49. The van der Waals surface area contributed by atoms with Crippen LogP contribution in [0.15, 0.2) is 47.4 Å². The zero-order chi connectivity index (χ0) is 22.0. The summed E-state index contributed by atoms with van der Waals surface area (Å²) in [5, 5.41) is 0. The Hall–Kier alpha value is -2.58. The summed E-state index contributed by atoms with van der Waals surface area (Å²) in [4.78, 5) is 17.2. The van der Waals surface area contributed by atoms with Crippen LogP contribution in [0, 0.1) is 12.8 Å². The molecule has 2 aromatic rings. The lowest BCUT2D eigenvalue weighted by Gasteiger charge is -2.34. The van der Waals surface area contributed by atoms with E-state index in [-0.39, 0.29) is 16.6 Å². The topological polar surface area (TPSA) is 79.0 Å². The number of aryl methyl sites for hydroxylation is 1. The molecule has 1 aliphatic carbocycles. The van der Waals surface area contributed by atoms with Crippen LogP contribution in [0.1, 0.15) is 28.8 Å². The highest BCUT2D eigenvalue weighted by Gasteiger charge is 2.29. The van der Waals surface area contributed by atoms with Crippen LogP contribution in [-0.2, 0) is 10.0 Å². The van der Waals surface area contributed by atoms with Crippen molar-refractivity contribution < 1.29 is 17.9 Å². The number of anilines is 1.